The van der Waals surface area contributed by atoms with Crippen molar-refractivity contribution in [2.24, 2.45) is 0 Å². The summed E-state index contributed by atoms with van der Waals surface area (Å²) in [4.78, 5) is 13.8. The maximum atomic E-state index is 12.6. The Balaban J connectivity index is 1.06. The summed E-state index contributed by atoms with van der Waals surface area (Å²) in [5.74, 6) is 1.63. The predicted molar refractivity (Wildman–Crippen MR) is 168 cm³/mol. The third-order valence-corrected chi connectivity index (χ3v) is 8.87. The molecule has 202 valence electrons. The lowest BCUT2D eigenvalue weighted by Crippen LogP contribution is -2.08. The first kappa shape index (κ1) is 27.5. The summed E-state index contributed by atoms with van der Waals surface area (Å²) < 4.78 is 5.64. The number of hydrogen-bond donors (Lipinski definition) is 0. The van der Waals surface area contributed by atoms with Crippen molar-refractivity contribution in [1.29, 1.82) is 0 Å². The fraction of sp³-hybridized carbons (Fsp3) is 0.361. The average Bonchev–Trinajstić information content (AvgIpc) is 2.96. The summed E-state index contributed by atoms with van der Waals surface area (Å²) in [5.41, 5.74) is 1.30. The molecule has 0 unspecified atom stereocenters. The highest BCUT2D eigenvalue weighted by Crippen LogP contribution is 2.36. The zero-order valence-corrected chi connectivity index (χ0v) is 24.0. The highest BCUT2D eigenvalue weighted by Gasteiger charge is 2.12. The molecule has 3 heteroatoms. The van der Waals surface area contributed by atoms with Gasteiger partial charge in [-0.25, -0.2) is 0 Å². The molecule has 39 heavy (non-hydrogen) atoms. The van der Waals surface area contributed by atoms with E-state index in [-0.39, 0.29) is 5.97 Å². The van der Waals surface area contributed by atoms with Crippen molar-refractivity contribution in [2.75, 3.05) is 5.75 Å². The molecule has 0 spiro atoms. The van der Waals surface area contributed by atoms with Gasteiger partial charge in [0.05, 0.1) is 0 Å². The largest absolute Gasteiger partial charge is 0.427 e. The Kier molecular flexibility index (Phi) is 9.77. The van der Waals surface area contributed by atoms with E-state index in [0.717, 1.165) is 18.6 Å². The topological polar surface area (TPSA) is 26.3 Å². The fourth-order valence-corrected chi connectivity index (χ4v) is 6.56. The maximum absolute atomic E-state index is 12.6. The van der Waals surface area contributed by atoms with Crippen LogP contribution in [0.4, 0.5) is 0 Å². The molecular formula is C36H40O2S. The normalized spacial score (nSPS) is 11.6. The Hall–Kier alpha value is -3.04. The zero-order chi connectivity index (χ0) is 26.9. The van der Waals surface area contributed by atoms with Crippen molar-refractivity contribution in [2.45, 2.75) is 82.4 Å². The first-order valence-electron chi connectivity index (χ1n) is 14.8. The van der Waals surface area contributed by atoms with Crippen LogP contribution in [0.5, 0.6) is 5.75 Å². The minimum atomic E-state index is -0.160. The molecule has 0 aliphatic rings. The van der Waals surface area contributed by atoms with Gasteiger partial charge in [0.25, 0.3) is 0 Å². The number of rotatable bonds is 15. The van der Waals surface area contributed by atoms with Crippen LogP contribution in [0, 0.1) is 0 Å². The number of unbranched alkanes of at least 4 members (excludes halogenated alkanes) is 7. The molecule has 0 amide bonds. The molecule has 0 atom stereocenters. The summed E-state index contributed by atoms with van der Waals surface area (Å²) in [5, 5.41) is 7.81. The van der Waals surface area contributed by atoms with E-state index in [4.69, 9.17) is 4.74 Å². The van der Waals surface area contributed by atoms with Crippen molar-refractivity contribution >= 4 is 50.0 Å². The molecule has 5 aromatic carbocycles. The second-order valence-electron chi connectivity index (χ2n) is 10.7. The third kappa shape index (κ3) is 7.13. The van der Waals surface area contributed by atoms with Gasteiger partial charge >= 0.3 is 5.97 Å². The molecule has 0 N–H and O–H groups in total. The summed E-state index contributed by atoms with van der Waals surface area (Å²) in [6, 6.07) is 27.8. The molecule has 5 aromatic rings. The summed E-state index contributed by atoms with van der Waals surface area (Å²) in [6.45, 7) is 2.27. The van der Waals surface area contributed by atoms with Gasteiger partial charge in [0.2, 0.25) is 0 Å². The van der Waals surface area contributed by atoms with Gasteiger partial charge in [0.1, 0.15) is 5.75 Å². The van der Waals surface area contributed by atoms with E-state index in [0.29, 0.717) is 12.2 Å². The Labute approximate surface area is 237 Å². The molecule has 0 aliphatic heterocycles. The van der Waals surface area contributed by atoms with Crippen molar-refractivity contribution in [1.82, 2.24) is 0 Å². The van der Waals surface area contributed by atoms with Crippen LogP contribution >= 0.6 is 11.8 Å². The highest BCUT2D eigenvalue weighted by molar-refractivity contribution is 7.99. The van der Waals surface area contributed by atoms with E-state index in [1.54, 1.807) is 0 Å². The molecule has 0 heterocycles. The SMILES string of the molecule is CCCCCCCCCCSc1ccc(OC(=O)CCCc2ccc3ccc4cccc5ccc2c3c45)cc1. The van der Waals surface area contributed by atoms with E-state index >= 15 is 0 Å². The van der Waals surface area contributed by atoms with Crippen molar-refractivity contribution in [3.63, 3.8) is 0 Å². The van der Waals surface area contributed by atoms with E-state index in [1.807, 2.05) is 23.9 Å². The third-order valence-electron chi connectivity index (χ3n) is 7.77. The fourth-order valence-electron chi connectivity index (χ4n) is 5.65. The molecular weight excluding hydrogens is 496 g/mol. The molecule has 0 saturated carbocycles. The first-order chi connectivity index (χ1) is 19.2. The van der Waals surface area contributed by atoms with Gasteiger partial charge in [-0.1, -0.05) is 106 Å². The standard InChI is InChI=1S/C36H40O2S/c1-2-3-4-5-6-7-8-9-26-39-32-23-21-31(22-24-32)38-34(37)15-11-12-27-16-17-30-19-18-28-13-10-14-29-20-25-33(27)36(30)35(28)29/h10,13-14,16-25H,2-9,11-12,15,26H2,1H3. The quantitative estimate of drug-likeness (QED) is 0.0437. The van der Waals surface area contributed by atoms with Gasteiger partial charge in [0, 0.05) is 11.3 Å². The Morgan fingerprint density at radius 1 is 0.667 bits per heavy atom. The molecule has 0 saturated heterocycles. The number of ether oxygens (including phenoxy) is 1. The van der Waals surface area contributed by atoms with Gasteiger partial charge in [-0.3, -0.25) is 4.79 Å². The highest BCUT2D eigenvalue weighted by atomic mass is 32.2. The molecule has 0 bridgehead atoms. The van der Waals surface area contributed by atoms with Crippen LogP contribution in [0.15, 0.2) is 83.8 Å². The second kappa shape index (κ2) is 13.8. The van der Waals surface area contributed by atoms with Crippen LogP contribution in [-0.2, 0) is 11.2 Å². The second-order valence-corrected chi connectivity index (χ2v) is 11.9. The smallest absolute Gasteiger partial charge is 0.311 e. The minimum Gasteiger partial charge on any atom is -0.427 e. The minimum absolute atomic E-state index is 0.160. The number of benzene rings is 5. The van der Waals surface area contributed by atoms with E-state index in [1.165, 1.54) is 94.1 Å². The lowest BCUT2D eigenvalue weighted by atomic mass is 9.90. The molecule has 0 radical (unpaired) electrons. The Bertz CT molecular complexity index is 1470. The van der Waals surface area contributed by atoms with Crippen LogP contribution in [-0.4, -0.2) is 11.7 Å². The molecule has 2 nitrogen and oxygen atoms in total. The first-order valence-corrected chi connectivity index (χ1v) is 15.8. The number of carbonyl (C=O) groups excluding carboxylic acids is 1. The summed E-state index contributed by atoms with van der Waals surface area (Å²) >= 11 is 1.89. The maximum Gasteiger partial charge on any atom is 0.311 e. The number of thioether (sulfide) groups is 1. The molecule has 0 aliphatic carbocycles. The number of esters is 1. The lowest BCUT2D eigenvalue weighted by Gasteiger charge is -2.14. The lowest BCUT2D eigenvalue weighted by molar-refractivity contribution is -0.134. The predicted octanol–water partition coefficient (Wildman–Crippen LogP) is 10.7. The zero-order valence-electron chi connectivity index (χ0n) is 23.2. The van der Waals surface area contributed by atoms with Crippen LogP contribution in [0.1, 0.15) is 76.7 Å². The van der Waals surface area contributed by atoms with E-state index in [2.05, 4.69) is 73.7 Å². The van der Waals surface area contributed by atoms with Crippen LogP contribution < -0.4 is 4.74 Å². The van der Waals surface area contributed by atoms with Crippen LogP contribution in [0.3, 0.4) is 0 Å². The Morgan fingerprint density at radius 2 is 1.31 bits per heavy atom. The van der Waals surface area contributed by atoms with Gasteiger partial charge < -0.3 is 4.74 Å². The summed E-state index contributed by atoms with van der Waals surface area (Å²) in [7, 11) is 0. The van der Waals surface area contributed by atoms with Gasteiger partial charge in [-0.05, 0) is 87.2 Å². The van der Waals surface area contributed by atoms with E-state index in [9.17, 15) is 4.79 Å². The molecule has 5 rings (SSSR count). The average molecular weight is 537 g/mol. The summed E-state index contributed by atoms with van der Waals surface area (Å²) in [6.07, 6.45) is 12.8. The number of aryl methyl sites for hydroxylation is 1. The van der Waals surface area contributed by atoms with Gasteiger partial charge in [-0.2, -0.15) is 0 Å². The van der Waals surface area contributed by atoms with Crippen molar-refractivity contribution < 1.29 is 9.53 Å². The van der Waals surface area contributed by atoms with Gasteiger partial charge in [-0.15, -0.1) is 11.8 Å². The van der Waals surface area contributed by atoms with Crippen LogP contribution in [0.25, 0.3) is 32.3 Å². The van der Waals surface area contributed by atoms with Crippen molar-refractivity contribution in [3.05, 3.63) is 84.4 Å². The number of carbonyl (C=O) groups is 1. The molecule has 0 aromatic heterocycles. The van der Waals surface area contributed by atoms with Crippen molar-refractivity contribution in [3.8, 4) is 5.75 Å². The van der Waals surface area contributed by atoms with E-state index < -0.39 is 0 Å². The monoisotopic (exact) mass is 536 g/mol. The number of hydrogen-bond acceptors (Lipinski definition) is 3. The van der Waals surface area contributed by atoms with Gasteiger partial charge in [0.15, 0.2) is 0 Å². The Morgan fingerprint density at radius 3 is 2.05 bits per heavy atom. The van der Waals surface area contributed by atoms with Crippen LogP contribution in [0.2, 0.25) is 0 Å². The molecule has 0 fully saturated rings.